The lowest BCUT2D eigenvalue weighted by Gasteiger charge is -2.05. The van der Waals surface area contributed by atoms with Crippen LogP contribution in [0.2, 0.25) is 5.02 Å². The van der Waals surface area contributed by atoms with Crippen molar-refractivity contribution < 1.29 is 4.39 Å². The molecule has 19 heavy (non-hydrogen) atoms. The molecule has 100 valence electrons. The second-order valence-electron chi connectivity index (χ2n) is 4.70. The van der Waals surface area contributed by atoms with Gasteiger partial charge in [0.1, 0.15) is 5.82 Å². The fourth-order valence-electron chi connectivity index (χ4n) is 2.35. The van der Waals surface area contributed by atoms with E-state index >= 15 is 0 Å². The van der Waals surface area contributed by atoms with Gasteiger partial charge in [-0.05, 0) is 31.0 Å². The zero-order chi connectivity index (χ0) is 13.2. The third-order valence-corrected chi connectivity index (χ3v) is 4.52. The molecule has 2 heterocycles. The Balaban J connectivity index is 1.78. The summed E-state index contributed by atoms with van der Waals surface area (Å²) in [5.74, 6) is -0.333. The van der Waals surface area contributed by atoms with E-state index in [0.29, 0.717) is 18.0 Å². The van der Waals surface area contributed by atoms with E-state index in [9.17, 15) is 4.39 Å². The predicted octanol–water partition coefficient (Wildman–Crippen LogP) is 3.95. The maximum Gasteiger partial charge on any atom is 0.145 e. The summed E-state index contributed by atoms with van der Waals surface area (Å²) >= 11 is 7.37. The molecule has 1 aromatic carbocycles. The molecule has 0 unspecified atom stereocenters. The van der Waals surface area contributed by atoms with Crippen LogP contribution in [0.15, 0.2) is 23.6 Å². The lowest BCUT2D eigenvalue weighted by Crippen LogP contribution is -2.13. The minimum Gasteiger partial charge on any atom is -0.309 e. The smallest absolute Gasteiger partial charge is 0.145 e. The van der Waals surface area contributed by atoms with E-state index in [0.717, 1.165) is 23.7 Å². The molecular formula is C14H14ClFN2S. The van der Waals surface area contributed by atoms with Crippen LogP contribution in [0, 0.1) is 5.82 Å². The third kappa shape index (κ3) is 2.81. The number of aromatic nitrogens is 1. The lowest BCUT2D eigenvalue weighted by atomic mass is 10.1. The summed E-state index contributed by atoms with van der Waals surface area (Å²) in [6.07, 6.45) is 2.83. The predicted molar refractivity (Wildman–Crippen MR) is 76.3 cm³/mol. The number of nitrogens with zero attached hydrogens (tertiary/aromatic N) is 1. The molecule has 0 radical (unpaired) electrons. The third-order valence-electron chi connectivity index (χ3n) is 3.36. The molecule has 1 fully saturated rings. The molecule has 2 nitrogen and oxygen atoms in total. The summed E-state index contributed by atoms with van der Waals surface area (Å²) in [4.78, 5) is 4.60. The molecule has 1 aromatic heterocycles. The van der Waals surface area contributed by atoms with Crippen molar-refractivity contribution in [3.63, 3.8) is 0 Å². The Morgan fingerprint density at radius 3 is 3.16 bits per heavy atom. The molecule has 0 aliphatic carbocycles. The highest BCUT2D eigenvalue weighted by atomic mass is 35.5. The van der Waals surface area contributed by atoms with E-state index in [1.165, 1.54) is 6.42 Å². The zero-order valence-electron chi connectivity index (χ0n) is 10.3. The van der Waals surface area contributed by atoms with Gasteiger partial charge in [0, 0.05) is 11.8 Å². The number of nitrogens with one attached hydrogen (secondary N) is 1. The molecule has 3 rings (SSSR count). The Morgan fingerprint density at radius 2 is 2.37 bits per heavy atom. The average molecular weight is 297 g/mol. The Labute approximate surface area is 120 Å². The zero-order valence-corrected chi connectivity index (χ0v) is 11.9. The molecule has 1 saturated heterocycles. The molecule has 2 aromatic rings. The lowest BCUT2D eigenvalue weighted by molar-refractivity contribution is 0.612. The van der Waals surface area contributed by atoms with Gasteiger partial charge in [0.2, 0.25) is 0 Å². The van der Waals surface area contributed by atoms with Crippen molar-refractivity contribution in [1.29, 1.82) is 0 Å². The van der Waals surface area contributed by atoms with Crippen LogP contribution in [-0.4, -0.2) is 11.5 Å². The largest absolute Gasteiger partial charge is 0.309 e. The van der Waals surface area contributed by atoms with Crippen LogP contribution in [0.3, 0.4) is 0 Å². The SMILES string of the molecule is Fc1c(Cl)cccc1Cc1nc([C@@H]2CCCN2)cs1. The first-order valence-corrected chi connectivity index (χ1v) is 7.60. The molecule has 1 aliphatic heterocycles. The Bertz CT molecular complexity index is 579. The van der Waals surface area contributed by atoms with Gasteiger partial charge in [-0.3, -0.25) is 0 Å². The average Bonchev–Trinajstić information content (AvgIpc) is 3.05. The molecule has 1 N–H and O–H groups in total. The van der Waals surface area contributed by atoms with Crippen molar-refractivity contribution in [2.45, 2.75) is 25.3 Å². The van der Waals surface area contributed by atoms with E-state index in [2.05, 4.69) is 15.7 Å². The second-order valence-corrected chi connectivity index (χ2v) is 6.05. The summed E-state index contributed by atoms with van der Waals surface area (Å²) in [6, 6.07) is 5.47. The van der Waals surface area contributed by atoms with E-state index in [-0.39, 0.29) is 10.8 Å². The number of hydrogen-bond acceptors (Lipinski definition) is 3. The molecule has 5 heteroatoms. The van der Waals surface area contributed by atoms with Crippen molar-refractivity contribution in [3.05, 3.63) is 50.7 Å². The van der Waals surface area contributed by atoms with Crippen LogP contribution < -0.4 is 5.32 Å². The van der Waals surface area contributed by atoms with Gasteiger partial charge in [-0.2, -0.15) is 0 Å². The van der Waals surface area contributed by atoms with Crippen molar-refractivity contribution >= 4 is 22.9 Å². The van der Waals surface area contributed by atoms with E-state index in [1.54, 1.807) is 29.5 Å². The van der Waals surface area contributed by atoms with E-state index in [1.807, 2.05) is 0 Å². The van der Waals surface area contributed by atoms with Crippen LogP contribution in [0.4, 0.5) is 4.39 Å². The monoisotopic (exact) mass is 296 g/mol. The van der Waals surface area contributed by atoms with Gasteiger partial charge in [0.05, 0.1) is 21.8 Å². The molecule has 1 atom stereocenters. The first kappa shape index (κ1) is 13.0. The Kier molecular flexibility index (Phi) is 3.82. The minimum absolute atomic E-state index is 0.173. The summed E-state index contributed by atoms with van der Waals surface area (Å²) in [7, 11) is 0. The first-order chi connectivity index (χ1) is 9.24. The highest BCUT2D eigenvalue weighted by Crippen LogP contribution is 2.26. The van der Waals surface area contributed by atoms with Gasteiger partial charge < -0.3 is 5.32 Å². The summed E-state index contributed by atoms with van der Waals surface area (Å²) in [5, 5.41) is 6.60. The quantitative estimate of drug-likeness (QED) is 0.927. The normalized spacial score (nSPS) is 18.9. The first-order valence-electron chi connectivity index (χ1n) is 6.34. The maximum atomic E-state index is 13.8. The Morgan fingerprint density at radius 1 is 1.47 bits per heavy atom. The van der Waals surface area contributed by atoms with Crippen LogP contribution in [-0.2, 0) is 6.42 Å². The summed E-state index contributed by atoms with van der Waals surface area (Å²) < 4.78 is 13.8. The van der Waals surface area contributed by atoms with Crippen molar-refractivity contribution in [1.82, 2.24) is 10.3 Å². The number of benzene rings is 1. The van der Waals surface area contributed by atoms with Gasteiger partial charge in [-0.25, -0.2) is 9.37 Å². The highest BCUT2D eigenvalue weighted by molar-refractivity contribution is 7.09. The minimum atomic E-state index is -0.333. The molecular weight excluding hydrogens is 283 g/mol. The molecule has 0 saturated carbocycles. The van der Waals surface area contributed by atoms with Gasteiger partial charge in [-0.15, -0.1) is 11.3 Å². The van der Waals surface area contributed by atoms with Gasteiger partial charge >= 0.3 is 0 Å². The Hall–Kier alpha value is -0.970. The topological polar surface area (TPSA) is 24.9 Å². The van der Waals surface area contributed by atoms with Crippen molar-refractivity contribution in [2.24, 2.45) is 0 Å². The van der Waals surface area contributed by atoms with Crippen LogP contribution in [0.25, 0.3) is 0 Å². The highest BCUT2D eigenvalue weighted by Gasteiger charge is 2.19. The van der Waals surface area contributed by atoms with E-state index in [4.69, 9.17) is 11.6 Å². The maximum absolute atomic E-state index is 13.8. The number of halogens is 2. The molecule has 0 bridgehead atoms. The fraction of sp³-hybridized carbons (Fsp3) is 0.357. The number of rotatable bonds is 3. The summed E-state index contributed by atoms with van der Waals surface area (Å²) in [6.45, 7) is 1.06. The molecule has 0 amide bonds. The van der Waals surface area contributed by atoms with Gasteiger partial charge in [0.25, 0.3) is 0 Å². The van der Waals surface area contributed by atoms with Crippen molar-refractivity contribution in [2.75, 3.05) is 6.54 Å². The van der Waals surface area contributed by atoms with Crippen LogP contribution >= 0.6 is 22.9 Å². The molecule has 1 aliphatic rings. The second kappa shape index (κ2) is 5.57. The number of thiazole rings is 1. The summed E-state index contributed by atoms with van der Waals surface area (Å²) in [5.41, 5.74) is 1.69. The van der Waals surface area contributed by atoms with Gasteiger partial charge in [0.15, 0.2) is 0 Å². The van der Waals surface area contributed by atoms with E-state index < -0.39 is 0 Å². The standard InChI is InChI=1S/C14H14ClFN2S/c15-10-4-1-3-9(14(10)16)7-13-18-12(8-19-13)11-5-2-6-17-11/h1,3-4,8,11,17H,2,5-7H2/t11-/m0/s1. The number of hydrogen-bond donors (Lipinski definition) is 1. The molecule has 0 spiro atoms. The van der Waals surface area contributed by atoms with Crippen molar-refractivity contribution in [3.8, 4) is 0 Å². The fourth-order valence-corrected chi connectivity index (χ4v) is 3.42. The van der Waals surface area contributed by atoms with Crippen LogP contribution in [0.5, 0.6) is 0 Å². The van der Waals surface area contributed by atoms with Crippen LogP contribution in [0.1, 0.15) is 35.1 Å². The van der Waals surface area contributed by atoms with Gasteiger partial charge in [-0.1, -0.05) is 23.7 Å².